The molecular weight excluding hydrogens is 713 g/mol. The van der Waals surface area contributed by atoms with Gasteiger partial charge < -0.3 is 9.47 Å². The molecule has 3 aliphatic carbocycles. The second-order valence-corrected chi connectivity index (χ2v) is 18.1. The van der Waals surface area contributed by atoms with E-state index >= 15 is 0 Å². The van der Waals surface area contributed by atoms with Crippen molar-refractivity contribution >= 4 is 49.6 Å². The third-order valence-corrected chi connectivity index (χ3v) is 14.6. The first-order valence-electron chi connectivity index (χ1n) is 21.8. The molecule has 2 nitrogen and oxygen atoms in total. The molecule has 12 rings (SSSR count). The maximum atomic E-state index is 2.55. The number of benzene rings is 8. The second kappa shape index (κ2) is 13.6. The molecule has 1 heterocycles. The van der Waals surface area contributed by atoms with Crippen molar-refractivity contribution in [3.63, 3.8) is 0 Å². The number of anilines is 3. The summed E-state index contributed by atoms with van der Waals surface area (Å²) in [4.78, 5) is 2.48. The largest absolute Gasteiger partial charge is 0.310 e. The Hall–Kier alpha value is -6.38. The Kier molecular flexibility index (Phi) is 7.99. The van der Waals surface area contributed by atoms with Crippen molar-refractivity contribution in [2.24, 2.45) is 23.7 Å². The summed E-state index contributed by atoms with van der Waals surface area (Å²) >= 11 is 0. The molecule has 1 aromatic heterocycles. The van der Waals surface area contributed by atoms with Crippen LogP contribution in [0, 0.1) is 23.7 Å². The van der Waals surface area contributed by atoms with Crippen LogP contribution in [-0.2, 0) is 5.41 Å². The molecule has 3 fully saturated rings. The lowest BCUT2D eigenvalue weighted by Gasteiger charge is -2.43. The fourth-order valence-corrected chi connectivity index (χ4v) is 12.1. The Morgan fingerprint density at radius 3 is 1.97 bits per heavy atom. The molecule has 9 aromatic rings. The molecule has 3 saturated carbocycles. The normalized spacial score (nSPS) is 22.1. The molecule has 3 aliphatic rings. The van der Waals surface area contributed by atoms with Crippen LogP contribution in [0.4, 0.5) is 17.1 Å². The maximum absolute atomic E-state index is 2.55. The summed E-state index contributed by atoms with van der Waals surface area (Å²) in [6, 6.07) is 70.0. The Morgan fingerprint density at radius 1 is 0.475 bits per heavy atom. The van der Waals surface area contributed by atoms with Gasteiger partial charge in [0.05, 0.1) is 11.0 Å². The molecule has 3 unspecified atom stereocenters. The Labute approximate surface area is 347 Å². The molecule has 0 spiro atoms. The second-order valence-electron chi connectivity index (χ2n) is 18.1. The number of fused-ring (bicyclic) bond motifs is 6. The molecule has 286 valence electrons. The van der Waals surface area contributed by atoms with Gasteiger partial charge in [-0.3, -0.25) is 0 Å². The van der Waals surface area contributed by atoms with Crippen LogP contribution in [0.25, 0.3) is 60.5 Å². The third kappa shape index (κ3) is 5.68. The minimum Gasteiger partial charge on any atom is -0.310 e. The van der Waals surface area contributed by atoms with Gasteiger partial charge in [0.1, 0.15) is 0 Å². The molecule has 2 bridgehead atoms. The average Bonchev–Trinajstić information content (AvgIpc) is 3.75. The van der Waals surface area contributed by atoms with Crippen LogP contribution in [0.5, 0.6) is 0 Å². The van der Waals surface area contributed by atoms with Gasteiger partial charge in [-0.15, -0.1) is 0 Å². The van der Waals surface area contributed by atoms with Crippen molar-refractivity contribution in [3.8, 4) is 27.9 Å². The fourth-order valence-electron chi connectivity index (χ4n) is 12.1. The monoisotopic (exact) mass is 760 g/mol. The van der Waals surface area contributed by atoms with E-state index in [-0.39, 0.29) is 0 Å². The van der Waals surface area contributed by atoms with E-state index in [0.29, 0.717) is 5.41 Å². The highest BCUT2D eigenvalue weighted by Gasteiger charge is 2.57. The van der Waals surface area contributed by atoms with Crippen molar-refractivity contribution in [3.05, 3.63) is 194 Å². The highest BCUT2D eigenvalue weighted by atomic mass is 15.1. The summed E-state index contributed by atoms with van der Waals surface area (Å²) in [6.07, 6.45) is 6.95. The van der Waals surface area contributed by atoms with Crippen molar-refractivity contribution in [2.75, 3.05) is 4.90 Å². The summed E-state index contributed by atoms with van der Waals surface area (Å²) in [5.41, 5.74) is 14.0. The van der Waals surface area contributed by atoms with Gasteiger partial charge in [0.25, 0.3) is 0 Å². The summed E-state index contributed by atoms with van der Waals surface area (Å²) in [6.45, 7) is 2.52. The molecule has 0 aliphatic heterocycles. The highest BCUT2D eigenvalue weighted by Crippen LogP contribution is 2.65. The van der Waals surface area contributed by atoms with Gasteiger partial charge in [0, 0.05) is 38.9 Å². The van der Waals surface area contributed by atoms with Crippen molar-refractivity contribution in [2.45, 2.75) is 44.4 Å². The predicted molar refractivity (Wildman–Crippen MR) is 248 cm³/mol. The Morgan fingerprint density at radius 2 is 1.15 bits per heavy atom. The van der Waals surface area contributed by atoms with Crippen LogP contribution in [0.2, 0.25) is 0 Å². The van der Waals surface area contributed by atoms with E-state index in [1.807, 2.05) is 0 Å². The quantitative estimate of drug-likeness (QED) is 0.157. The fraction of sp³-hybridized carbons (Fsp3) is 0.193. The van der Waals surface area contributed by atoms with E-state index in [1.54, 1.807) is 5.56 Å². The minimum absolute atomic E-state index is 0.302. The molecule has 0 radical (unpaired) electrons. The lowest BCUT2D eigenvalue weighted by Crippen LogP contribution is -2.34. The Balaban J connectivity index is 0.944. The number of para-hydroxylation sites is 1. The lowest BCUT2D eigenvalue weighted by molar-refractivity contribution is 0.0780. The highest BCUT2D eigenvalue weighted by molar-refractivity contribution is 6.18. The van der Waals surface area contributed by atoms with Gasteiger partial charge in [0.2, 0.25) is 0 Å². The van der Waals surface area contributed by atoms with Crippen LogP contribution in [-0.4, -0.2) is 4.57 Å². The predicted octanol–water partition coefficient (Wildman–Crippen LogP) is 15.5. The third-order valence-electron chi connectivity index (χ3n) is 14.6. The summed E-state index contributed by atoms with van der Waals surface area (Å²) < 4.78 is 2.46. The van der Waals surface area contributed by atoms with E-state index in [4.69, 9.17) is 0 Å². The minimum atomic E-state index is 0.302. The van der Waals surface area contributed by atoms with Crippen LogP contribution in [0.15, 0.2) is 188 Å². The first-order chi connectivity index (χ1) is 29.1. The maximum Gasteiger partial charge on any atom is 0.0619 e. The standard InChI is InChI=1S/C57H48N2/c1-38-31-44-32-45-36-57(35-38,37-54(44)45)46-15-10-17-50(34-46)58(47-26-21-40(22-27-47)39-11-3-2-4-12-39)48-28-23-41(24-29-48)43-14-9-16-49(33-43)59-55-20-8-7-19-52(55)53-30-25-42-13-5-6-18-51(42)56(53)59/h2-30,33-34,38,44-45,54H,31-32,35-37H2,1H3/t38-,44?,45-,54?,57?/m0/s1. The van der Waals surface area contributed by atoms with E-state index in [1.165, 1.54) is 110 Å². The van der Waals surface area contributed by atoms with Gasteiger partial charge >= 0.3 is 0 Å². The summed E-state index contributed by atoms with van der Waals surface area (Å²) in [5, 5.41) is 5.09. The van der Waals surface area contributed by atoms with Gasteiger partial charge in [-0.05, 0) is 149 Å². The number of aromatic nitrogens is 1. The van der Waals surface area contributed by atoms with Crippen LogP contribution >= 0.6 is 0 Å². The van der Waals surface area contributed by atoms with Crippen molar-refractivity contribution < 1.29 is 0 Å². The Bertz CT molecular complexity index is 3010. The topological polar surface area (TPSA) is 8.17 Å². The van der Waals surface area contributed by atoms with E-state index in [9.17, 15) is 0 Å². The zero-order valence-corrected chi connectivity index (χ0v) is 33.6. The molecule has 59 heavy (non-hydrogen) atoms. The summed E-state index contributed by atoms with van der Waals surface area (Å²) in [7, 11) is 0. The zero-order chi connectivity index (χ0) is 39.1. The van der Waals surface area contributed by atoms with E-state index < -0.39 is 0 Å². The molecule has 8 aromatic carbocycles. The van der Waals surface area contributed by atoms with Crippen LogP contribution in [0.1, 0.15) is 44.6 Å². The van der Waals surface area contributed by atoms with Gasteiger partial charge in [-0.1, -0.05) is 140 Å². The first kappa shape index (κ1) is 34.6. The molecule has 2 heteroatoms. The molecular formula is C57H48N2. The summed E-state index contributed by atoms with van der Waals surface area (Å²) in [5.74, 6) is 3.61. The van der Waals surface area contributed by atoms with Crippen LogP contribution in [0.3, 0.4) is 0 Å². The van der Waals surface area contributed by atoms with Crippen LogP contribution < -0.4 is 4.90 Å². The lowest BCUT2D eigenvalue weighted by atomic mass is 9.63. The molecule has 5 atom stereocenters. The van der Waals surface area contributed by atoms with Gasteiger partial charge in [0.15, 0.2) is 0 Å². The number of hydrogen-bond donors (Lipinski definition) is 0. The molecule has 0 N–H and O–H groups in total. The van der Waals surface area contributed by atoms with Crippen molar-refractivity contribution in [1.29, 1.82) is 0 Å². The van der Waals surface area contributed by atoms with Crippen molar-refractivity contribution in [1.82, 2.24) is 4.57 Å². The zero-order valence-electron chi connectivity index (χ0n) is 33.6. The van der Waals surface area contributed by atoms with Gasteiger partial charge in [-0.2, -0.15) is 0 Å². The SMILES string of the molecule is C[C@H]1CC2C[C@H]3CC(c4cccc(N(c5ccc(-c6ccccc6)cc5)c5ccc(-c6cccc(-n7c8ccccc8c8ccc9ccccc9c87)c6)cc5)c4)(CC23)C1. The van der Waals surface area contributed by atoms with Gasteiger partial charge in [-0.25, -0.2) is 0 Å². The molecule has 0 saturated heterocycles. The van der Waals surface area contributed by atoms with E-state index in [0.717, 1.165) is 23.7 Å². The average molecular weight is 761 g/mol. The smallest absolute Gasteiger partial charge is 0.0619 e. The van der Waals surface area contributed by atoms with E-state index in [2.05, 4.69) is 204 Å². The molecule has 0 amide bonds. The number of hydrogen-bond acceptors (Lipinski definition) is 1. The number of rotatable bonds is 7. The number of nitrogens with zero attached hydrogens (tertiary/aromatic N) is 2. The first-order valence-corrected chi connectivity index (χ1v) is 21.8.